The molecule has 1 fully saturated rings. The number of hydrogen-bond acceptors (Lipinski definition) is 7. The first kappa shape index (κ1) is 21.6. The summed E-state index contributed by atoms with van der Waals surface area (Å²) in [5, 5.41) is 8.10. The monoisotopic (exact) mass is 470 g/mol. The zero-order valence-electron chi connectivity index (χ0n) is 18.3. The Bertz CT molecular complexity index is 1420. The molecule has 0 bridgehead atoms. The summed E-state index contributed by atoms with van der Waals surface area (Å²) in [5.41, 5.74) is 0.792. The maximum absolute atomic E-state index is 13.4. The molecular formula is C25H18N4O4S. The van der Waals surface area contributed by atoms with Gasteiger partial charge in [-0.3, -0.25) is 24.2 Å². The summed E-state index contributed by atoms with van der Waals surface area (Å²) >= 11 is 0.941. The summed E-state index contributed by atoms with van der Waals surface area (Å²) in [4.78, 5) is 53.3. The lowest BCUT2D eigenvalue weighted by atomic mass is 10.0. The predicted molar refractivity (Wildman–Crippen MR) is 130 cm³/mol. The number of ketones is 1. The predicted octanol–water partition coefficient (Wildman–Crippen LogP) is 3.85. The molecule has 5 rings (SSSR count). The molecule has 0 radical (unpaired) electrons. The van der Waals surface area contributed by atoms with Gasteiger partial charge >= 0.3 is 6.03 Å². The number of carbonyl (C=O) groups is 4. The molecular weight excluding hydrogens is 452 g/mol. The molecule has 0 spiro atoms. The quantitative estimate of drug-likeness (QED) is 0.328. The average Bonchev–Trinajstić information content (AvgIpc) is 3.31. The molecule has 1 saturated heterocycles. The second-order valence-corrected chi connectivity index (χ2v) is 8.71. The number of Topliss-reactive ketones (excluding diaryl/α,β-unsaturated/α-hetero) is 1. The number of rotatable bonds is 3. The van der Waals surface area contributed by atoms with Gasteiger partial charge in [0.25, 0.3) is 11.8 Å². The van der Waals surface area contributed by atoms with Crippen LogP contribution in [-0.4, -0.2) is 52.6 Å². The van der Waals surface area contributed by atoms with E-state index < -0.39 is 17.8 Å². The molecule has 3 aromatic carbocycles. The number of anilines is 1. The molecule has 0 aromatic heterocycles. The molecule has 2 aliphatic rings. The van der Waals surface area contributed by atoms with E-state index in [1.54, 1.807) is 36.4 Å². The Hall–Kier alpha value is -4.24. The Morgan fingerprint density at radius 2 is 1.41 bits per heavy atom. The molecule has 3 aromatic rings. The van der Waals surface area contributed by atoms with Crippen LogP contribution in [0.2, 0.25) is 0 Å². The first-order valence-corrected chi connectivity index (χ1v) is 11.2. The van der Waals surface area contributed by atoms with Gasteiger partial charge in [0.1, 0.15) is 10.6 Å². The van der Waals surface area contributed by atoms with Gasteiger partial charge in [0.15, 0.2) is 5.04 Å². The second-order valence-electron chi connectivity index (χ2n) is 7.74. The van der Waals surface area contributed by atoms with E-state index in [9.17, 15) is 19.2 Å². The van der Waals surface area contributed by atoms with E-state index >= 15 is 0 Å². The molecule has 0 saturated carbocycles. The minimum Gasteiger partial charge on any atom is -0.286 e. The molecule has 4 amide bonds. The fraction of sp³-hybridized carbons (Fsp3) is 0.0800. The lowest BCUT2D eigenvalue weighted by Gasteiger charge is -2.30. The van der Waals surface area contributed by atoms with Gasteiger partial charge in [-0.05, 0) is 40.7 Å². The van der Waals surface area contributed by atoms with E-state index in [1.807, 2.05) is 36.4 Å². The molecule has 9 heteroatoms. The molecule has 2 heterocycles. The van der Waals surface area contributed by atoms with Crippen LogP contribution in [0, 0.1) is 0 Å². The van der Waals surface area contributed by atoms with Crippen LogP contribution in [-0.2, 0) is 9.59 Å². The van der Waals surface area contributed by atoms with Crippen LogP contribution in [0.3, 0.4) is 0 Å². The van der Waals surface area contributed by atoms with E-state index in [4.69, 9.17) is 0 Å². The number of hydrogen-bond donors (Lipinski definition) is 0. The van der Waals surface area contributed by atoms with E-state index in [1.165, 1.54) is 19.1 Å². The third kappa shape index (κ3) is 3.46. The van der Waals surface area contributed by atoms with Crippen molar-refractivity contribution >= 4 is 56.9 Å². The molecule has 0 N–H and O–H groups in total. The molecule has 0 aliphatic carbocycles. The third-order valence-corrected chi connectivity index (χ3v) is 6.64. The van der Waals surface area contributed by atoms with Crippen molar-refractivity contribution in [3.8, 4) is 0 Å². The van der Waals surface area contributed by atoms with Crippen molar-refractivity contribution in [1.82, 2.24) is 9.80 Å². The Morgan fingerprint density at radius 3 is 2.09 bits per heavy atom. The van der Waals surface area contributed by atoms with Gasteiger partial charge in [0, 0.05) is 19.7 Å². The van der Waals surface area contributed by atoms with Gasteiger partial charge in [-0.25, -0.2) is 9.80 Å². The highest BCUT2D eigenvalue weighted by molar-refractivity contribution is 8.19. The van der Waals surface area contributed by atoms with Gasteiger partial charge in [-0.15, -0.1) is 0 Å². The zero-order valence-corrected chi connectivity index (χ0v) is 19.1. The highest BCUT2D eigenvalue weighted by Gasteiger charge is 2.44. The molecule has 2 aliphatic heterocycles. The SMILES string of the molecule is CN1C(=O)C(=C2SC(C(=O)c3ccc4ccccc4c3)=NN2c2ccccc2)C(=O)N(C)C1=O. The van der Waals surface area contributed by atoms with Crippen LogP contribution in [0.5, 0.6) is 0 Å². The van der Waals surface area contributed by atoms with Crippen LogP contribution in [0.25, 0.3) is 10.8 Å². The van der Waals surface area contributed by atoms with Gasteiger partial charge < -0.3 is 0 Å². The van der Waals surface area contributed by atoms with Crippen LogP contribution in [0.15, 0.2) is 88.5 Å². The van der Waals surface area contributed by atoms with Gasteiger partial charge in [0.05, 0.1) is 5.69 Å². The van der Waals surface area contributed by atoms with Crippen molar-refractivity contribution < 1.29 is 19.2 Å². The lowest BCUT2D eigenvalue weighted by molar-refractivity contribution is -0.134. The number of carbonyl (C=O) groups excluding carboxylic acids is 4. The van der Waals surface area contributed by atoms with Crippen molar-refractivity contribution in [2.24, 2.45) is 5.10 Å². The zero-order chi connectivity index (χ0) is 24.0. The normalized spacial score (nSPS) is 16.6. The Balaban J connectivity index is 1.61. The van der Waals surface area contributed by atoms with Crippen molar-refractivity contribution in [1.29, 1.82) is 0 Å². The number of likely N-dealkylation sites (N-methyl/N-ethyl adjacent to an activating group) is 2. The maximum Gasteiger partial charge on any atom is 0.333 e. The molecule has 8 nitrogen and oxygen atoms in total. The molecule has 168 valence electrons. The second kappa shape index (κ2) is 8.27. The third-order valence-electron chi connectivity index (χ3n) is 5.61. The van der Waals surface area contributed by atoms with Crippen LogP contribution in [0.1, 0.15) is 10.4 Å². The van der Waals surface area contributed by atoms with E-state index in [2.05, 4.69) is 5.10 Å². The molecule has 0 atom stereocenters. The van der Waals surface area contributed by atoms with Crippen LogP contribution < -0.4 is 5.01 Å². The van der Waals surface area contributed by atoms with E-state index in [0.29, 0.717) is 11.3 Å². The highest BCUT2D eigenvalue weighted by Crippen LogP contribution is 2.39. The Labute approximate surface area is 199 Å². The first-order chi connectivity index (χ1) is 16.4. The minimum absolute atomic E-state index is 0.115. The van der Waals surface area contributed by atoms with Gasteiger partial charge in [0.2, 0.25) is 5.78 Å². The number of barbiturate groups is 1. The average molecular weight is 471 g/mol. The molecule has 0 unspecified atom stereocenters. The van der Waals surface area contributed by atoms with Crippen molar-refractivity contribution in [2.45, 2.75) is 0 Å². The topological polar surface area (TPSA) is 90.4 Å². The summed E-state index contributed by atoms with van der Waals surface area (Å²) < 4.78 is 0. The number of fused-ring (bicyclic) bond motifs is 1. The molecule has 34 heavy (non-hydrogen) atoms. The number of nitrogens with zero attached hydrogens (tertiary/aromatic N) is 4. The number of amides is 4. The Kier molecular flexibility index (Phi) is 5.25. The standard InChI is InChI=1S/C25H18N4O4S/c1-27-22(31)19(23(32)28(2)25(27)33)24-29(18-10-4-3-5-11-18)26-21(34-24)20(30)17-13-12-15-8-6-7-9-16(15)14-17/h3-14H,1-2H3. The lowest BCUT2D eigenvalue weighted by Crippen LogP contribution is -2.53. The van der Waals surface area contributed by atoms with Crippen molar-refractivity contribution in [3.05, 3.63) is 89.0 Å². The fourth-order valence-electron chi connectivity index (χ4n) is 3.75. The summed E-state index contributed by atoms with van der Waals surface area (Å²) in [6.07, 6.45) is 0. The minimum atomic E-state index is -0.744. The first-order valence-electron chi connectivity index (χ1n) is 10.4. The number of thioether (sulfide) groups is 1. The van der Waals surface area contributed by atoms with E-state index in [-0.39, 0.29) is 21.4 Å². The number of para-hydroxylation sites is 1. The summed E-state index contributed by atoms with van der Waals surface area (Å²) in [7, 11) is 2.62. The fourth-order valence-corrected chi connectivity index (χ4v) is 4.77. The Morgan fingerprint density at radius 1 is 0.794 bits per heavy atom. The summed E-state index contributed by atoms with van der Waals surface area (Å²) in [5.74, 6) is -1.82. The van der Waals surface area contributed by atoms with E-state index in [0.717, 1.165) is 32.3 Å². The summed E-state index contributed by atoms with van der Waals surface area (Å²) in [6.45, 7) is 0. The number of imide groups is 2. The highest BCUT2D eigenvalue weighted by atomic mass is 32.2. The van der Waals surface area contributed by atoms with Gasteiger partial charge in [-0.1, -0.05) is 54.6 Å². The largest absolute Gasteiger partial charge is 0.333 e. The van der Waals surface area contributed by atoms with Crippen LogP contribution >= 0.6 is 11.8 Å². The number of hydrazone groups is 1. The summed E-state index contributed by atoms with van der Waals surface area (Å²) in [6, 6.07) is 21.2. The smallest absolute Gasteiger partial charge is 0.286 e. The van der Waals surface area contributed by atoms with Crippen molar-refractivity contribution in [2.75, 3.05) is 19.1 Å². The van der Waals surface area contributed by atoms with Crippen molar-refractivity contribution in [3.63, 3.8) is 0 Å². The van der Waals surface area contributed by atoms with Crippen LogP contribution in [0.4, 0.5) is 10.5 Å². The maximum atomic E-state index is 13.4. The number of benzene rings is 3. The van der Waals surface area contributed by atoms with Gasteiger partial charge in [-0.2, -0.15) is 5.10 Å². The number of urea groups is 1.